The van der Waals surface area contributed by atoms with Crippen LogP contribution in [0.3, 0.4) is 0 Å². The molecule has 1 aromatic heterocycles. The molecule has 0 spiro atoms. The van der Waals surface area contributed by atoms with Gasteiger partial charge < -0.3 is 30.7 Å². The first-order valence-corrected chi connectivity index (χ1v) is 17.8. The van der Waals surface area contributed by atoms with Gasteiger partial charge >= 0.3 is 5.97 Å². The molecule has 2 amide bonds. The summed E-state index contributed by atoms with van der Waals surface area (Å²) in [6.07, 6.45) is 17.3. The lowest BCUT2D eigenvalue weighted by molar-refractivity contribution is -0.142. The van der Waals surface area contributed by atoms with Crippen LogP contribution in [-0.2, 0) is 25.6 Å². The maximum Gasteiger partial charge on any atom is 0.326 e. The monoisotopic (exact) mass is 670 g/mol. The zero-order valence-corrected chi connectivity index (χ0v) is 29.1. The molecule has 0 radical (unpaired) electrons. The number of nitrogens with zero attached hydrogens (tertiary/aromatic N) is 1. The van der Waals surface area contributed by atoms with Gasteiger partial charge in [-0.3, -0.25) is 9.59 Å². The molecule has 2 aromatic rings. The largest absolute Gasteiger partial charge is 0.480 e. The quantitative estimate of drug-likeness (QED) is 0.175. The lowest BCUT2D eigenvalue weighted by atomic mass is 9.46. The molecule has 6 rings (SSSR count). The Bertz CT molecular complexity index is 1720. The van der Waals surface area contributed by atoms with Crippen molar-refractivity contribution in [2.24, 2.45) is 39.7 Å². The van der Waals surface area contributed by atoms with E-state index < -0.39 is 35.5 Å². The summed E-state index contributed by atoms with van der Waals surface area (Å²) in [4.78, 5) is 46.9. The van der Waals surface area contributed by atoms with Gasteiger partial charge in [0.15, 0.2) is 6.61 Å². The summed E-state index contributed by atoms with van der Waals surface area (Å²) in [5, 5.41) is 31.7. The maximum atomic E-state index is 13.2. The minimum absolute atomic E-state index is 0.0668. The summed E-state index contributed by atoms with van der Waals surface area (Å²) in [6.45, 7) is 7.81. The number of carboxylic acids is 1. The van der Waals surface area contributed by atoms with Crippen LogP contribution in [0.15, 0.2) is 47.3 Å². The van der Waals surface area contributed by atoms with E-state index in [1.165, 1.54) is 5.57 Å². The maximum absolute atomic E-state index is 13.2. The smallest absolute Gasteiger partial charge is 0.326 e. The van der Waals surface area contributed by atoms with Crippen LogP contribution in [0.2, 0.25) is 0 Å². The Balaban J connectivity index is 1.04. The highest BCUT2D eigenvalue weighted by molar-refractivity contribution is 5.96. The molecule has 4 aliphatic carbocycles. The summed E-state index contributed by atoms with van der Waals surface area (Å²) in [5.74, 6) is 1.76. The number of aromatic amines is 1. The fourth-order valence-corrected chi connectivity index (χ4v) is 9.80. The number of amides is 2. The van der Waals surface area contributed by atoms with Gasteiger partial charge in [-0.2, -0.15) is 0 Å². The van der Waals surface area contributed by atoms with Crippen molar-refractivity contribution in [3.8, 4) is 12.3 Å². The zero-order chi connectivity index (χ0) is 35.1. The van der Waals surface area contributed by atoms with Crippen molar-refractivity contribution in [2.75, 3.05) is 6.61 Å². The van der Waals surface area contributed by atoms with Crippen molar-refractivity contribution in [1.82, 2.24) is 15.6 Å². The number of carbonyl (C=O) groups is 3. The molecular formula is C39H50N4O6. The minimum atomic E-state index is -1.17. The standard InChI is InChI=1S/C39H50N4O6/c1-6-39(48)18-15-30-28-12-11-25-20-26(13-16-37(25,4)29(28)14-17-38(30,39)5)43-49-22-33(44)42-34(23(2)3)35(45)41-32(36(46)47)19-24-21-40-31-10-8-7-9-27(24)31/h1,7-10,20-21,23,28-30,32,34,40,48H,11-19,22H2,2-5H3,(H,41,45)(H,42,44)(H,46,47)/t28-,29+,30-,32-,34+,37+,38+,39-/m1/s1. The molecule has 0 aliphatic heterocycles. The molecule has 8 atom stereocenters. The fraction of sp³-hybridized carbons (Fsp3) is 0.590. The zero-order valence-electron chi connectivity index (χ0n) is 29.1. The van der Waals surface area contributed by atoms with E-state index in [4.69, 9.17) is 11.3 Å². The Hall–Kier alpha value is -4.10. The Labute approximate surface area is 288 Å². The first kappa shape index (κ1) is 34.8. The SMILES string of the molecule is C#C[C@@]1(O)CC[C@@H]2[C@@H]3CCC4=CC(=NOCC(=O)N[C@H](C(=O)N[C@H](Cc5c[nH]c6ccccc56)C(=O)O)C(C)C)CC[C@]4(C)[C@H]3CC[C@@]21C. The van der Waals surface area contributed by atoms with E-state index in [-0.39, 0.29) is 29.8 Å². The van der Waals surface area contributed by atoms with Crippen LogP contribution in [0.25, 0.3) is 10.9 Å². The number of allylic oxidation sites excluding steroid dienone is 2. The van der Waals surface area contributed by atoms with Crippen molar-refractivity contribution >= 4 is 34.4 Å². The molecule has 3 fully saturated rings. The Morgan fingerprint density at radius 1 is 1.08 bits per heavy atom. The number of hydrogen-bond donors (Lipinski definition) is 5. The first-order valence-electron chi connectivity index (χ1n) is 17.8. The van der Waals surface area contributed by atoms with Gasteiger partial charge in [-0.15, -0.1) is 6.42 Å². The van der Waals surface area contributed by atoms with Gasteiger partial charge in [-0.1, -0.05) is 62.5 Å². The average Bonchev–Trinajstić information content (AvgIpc) is 3.60. The fourth-order valence-electron chi connectivity index (χ4n) is 9.80. The predicted molar refractivity (Wildman–Crippen MR) is 187 cm³/mol. The molecule has 1 aromatic carbocycles. The van der Waals surface area contributed by atoms with E-state index in [0.717, 1.165) is 67.1 Å². The topological polar surface area (TPSA) is 153 Å². The number of H-pyrrole nitrogens is 1. The molecule has 10 heteroatoms. The molecule has 4 aliphatic rings. The molecule has 262 valence electrons. The average molecular weight is 671 g/mol. The van der Waals surface area contributed by atoms with Gasteiger partial charge in [0.1, 0.15) is 17.7 Å². The van der Waals surface area contributed by atoms with Gasteiger partial charge in [0.2, 0.25) is 5.91 Å². The van der Waals surface area contributed by atoms with Crippen molar-refractivity contribution in [3.05, 3.63) is 47.7 Å². The third-order valence-corrected chi connectivity index (χ3v) is 12.7. The van der Waals surface area contributed by atoms with Crippen molar-refractivity contribution < 1.29 is 29.4 Å². The highest BCUT2D eigenvalue weighted by Gasteiger charge is 2.63. The van der Waals surface area contributed by atoms with Gasteiger partial charge in [-0.05, 0) is 98.2 Å². The molecule has 5 N–H and O–H groups in total. The Morgan fingerprint density at radius 3 is 2.57 bits per heavy atom. The minimum Gasteiger partial charge on any atom is -0.480 e. The summed E-state index contributed by atoms with van der Waals surface area (Å²) in [5.41, 5.74) is 2.70. The van der Waals surface area contributed by atoms with Crippen molar-refractivity contribution in [2.45, 2.75) is 103 Å². The van der Waals surface area contributed by atoms with Crippen LogP contribution in [-0.4, -0.2) is 63.0 Å². The number of fused-ring (bicyclic) bond motifs is 6. The molecular weight excluding hydrogens is 620 g/mol. The molecule has 1 heterocycles. The number of aliphatic hydroxyl groups is 1. The van der Waals surface area contributed by atoms with E-state index in [2.05, 4.69) is 46.6 Å². The lowest BCUT2D eigenvalue weighted by Gasteiger charge is -2.58. The number of terminal acetylenes is 1. The Kier molecular flexibility index (Phi) is 9.44. The van der Waals surface area contributed by atoms with E-state index in [1.54, 1.807) is 20.0 Å². The normalized spacial score (nSPS) is 32.6. The number of rotatable bonds is 10. The number of carboxylic acid groups (broad SMARTS) is 1. The van der Waals surface area contributed by atoms with Crippen LogP contribution in [0.5, 0.6) is 0 Å². The number of aromatic nitrogens is 1. The van der Waals surface area contributed by atoms with Gasteiger partial charge in [0.25, 0.3) is 5.91 Å². The van der Waals surface area contributed by atoms with Crippen LogP contribution in [0.4, 0.5) is 0 Å². The number of hydrogen-bond acceptors (Lipinski definition) is 6. The number of benzene rings is 1. The van der Waals surface area contributed by atoms with Gasteiger partial charge in [0.05, 0.1) is 5.71 Å². The highest BCUT2D eigenvalue weighted by atomic mass is 16.6. The third-order valence-electron chi connectivity index (χ3n) is 12.7. The summed E-state index contributed by atoms with van der Waals surface area (Å²) >= 11 is 0. The van der Waals surface area contributed by atoms with Crippen LogP contribution in [0, 0.1) is 46.8 Å². The third kappa shape index (κ3) is 6.27. The second-order valence-electron chi connectivity index (χ2n) is 15.6. The Morgan fingerprint density at radius 2 is 1.84 bits per heavy atom. The second-order valence-corrected chi connectivity index (χ2v) is 15.6. The molecule has 3 saturated carbocycles. The number of carbonyl (C=O) groups excluding carboxylic acids is 2. The van der Waals surface area contributed by atoms with Crippen LogP contribution >= 0.6 is 0 Å². The number of aliphatic carboxylic acids is 1. The van der Waals surface area contributed by atoms with E-state index in [0.29, 0.717) is 24.2 Å². The van der Waals surface area contributed by atoms with E-state index in [9.17, 15) is 24.6 Å². The predicted octanol–water partition coefficient (Wildman–Crippen LogP) is 5.12. The van der Waals surface area contributed by atoms with Gasteiger partial charge in [0, 0.05) is 28.9 Å². The summed E-state index contributed by atoms with van der Waals surface area (Å²) in [6, 6.07) is 5.45. The molecule has 0 unspecified atom stereocenters. The van der Waals surface area contributed by atoms with Crippen LogP contribution < -0.4 is 10.6 Å². The lowest BCUT2D eigenvalue weighted by Crippen LogP contribution is -2.54. The molecule has 10 nitrogen and oxygen atoms in total. The highest BCUT2D eigenvalue weighted by Crippen LogP contribution is 2.67. The van der Waals surface area contributed by atoms with E-state index >= 15 is 0 Å². The number of nitrogens with one attached hydrogen (secondary N) is 3. The number of para-hydroxylation sites is 1. The van der Waals surface area contributed by atoms with Crippen molar-refractivity contribution in [1.29, 1.82) is 0 Å². The van der Waals surface area contributed by atoms with E-state index in [1.807, 2.05) is 24.3 Å². The molecule has 49 heavy (non-hydrogen) atoms. The molecule has 0 bridgehead atoms. The summed E-state index contributed by atoms with van der Waals surface area (Å²) in [7, 11) is 0. The number of oxime groups is 1. The van der Waals surface area contributed by atoms with Gasteiger partial charge in [-0.25, -0.2) is 4.79 Å². The van der Waals surface area contributed by atoms with Crippen LogP contribution in [0.1, 0.15) is 84.6 Å². The molecule has 0 saturated heterocycles. The first-order chi connectivity index (χ1) is 23.3. The van der Waals surface area contributed by atoms with Crippen molar-refractivity contribution in [3.63, 3.8) is 0 Å². The second kappa shape index (κ2) is 13.3. The summed E-state index contributed by atoms with van der Waals surface area (Å²) < 4.78 is 0.